The molecule has 0 spiro atoms. The van der Waals surface area contributed by atoms with Crippen molar-refractivity contribution in [3.8, 4) is 0 Å². The summed E-state index contributed by atoms with van der Waals surface area (Å²) in [5, 5.41) is 3.78. The minimum absolute atomic E-state index is 0.0462. The van der Waals surface area contributed by atoms with Gasteiger partial charge in [-0.25, -0.2) is 4.98 Å². The lowest BCUT2D eigenvalue weighted by molar-refractivity contribution is -0.120. The van der Waals surface area contributed by atoms with Crippen LogP contribution in [0.3, 0.4) is 0 Å². The Balaban J connectivity index is 1.73. The van der Waals surface area contributed by atoms with E-state index in [1.165, 1.54) is 17.3 Å². The first-order valence-electron chi connectivity index (χ1n) is 10.9. The van der Waals surface area contributed by atoms with Gasteiger partial charge in [0.15, 0.2) is 5.16 Å². The molecule has 7 heteroatoms. The molecule has 1 aromatic heterocycles. The topological polar surface area (TPSA) is 73.2 Å². The zero-order valence-electron chi connectivity index (χ0n) is 19.1. The maximum absolute atomic E-state index is 13.2. The van der Waals surface area contributed by atoms with E-state index in [2.05, 4.69) is 17.4 Å². The number of ether oxygens (including phenoxy) is 1. The zero-order valence-corrected chi connectivity index (χ0v) is 19.9. The van der Waals surface area contributed by atoms with Crippen LogP contribution in [0.1, 0.15) is 38.8 Å². The predicted molar refractivity (Wildman–Crippen MR) is 130 cm³/mol. The molecule has 0 aliphatic rings. The molecule has 3 aromatic rings. The SMILES string of the molecule is COCC(C)n1c(SC(C)C(=O)NC(C)CCc2ccccc2)nc2ccccc2c1=O. The number of thioether (sulfide) groups is 1. The molecule has 0 aliphatic carbocycles. The molecule has 0 saturated heterocycles. The molecule has 0 saturated carbocycles. The van der Waals surface area contributed by atoms with Gasteiger partial charge in [-0.2, -0.15) is 0 Å². The second-order valence-corrected chi connectivity index (χ2v) is 9.39. The van der Waals surface area contributed by atoms with Gasteiger partial charge < -0.3 is 10.1 Å². The van der Waals surface area contributed by atoms with E-state index in [1.54, 1.807) is 17.7 Å². The molecule has 1 N–H and O–H groups in total. The monoisotopic (exact) mass is 453 g/mol. The Morgan fingerprint density at radius 2 is 1.78 bits per heavy atom. The average Bonchev–Trinajstić information content (AvgIpc) is 2.78. The molecule has 1 amide bonds. The van der Waals surface area contributed by atoms with Crippen molar-refractivity contribution in [3.05, 3.63) is 70.5 Å². The number of para-hydroxylation sites is 1. The third-order valence-corrected chi connectivity index (χ3v) is 6.44. The molecule has 0 aliphatic heterocycles. The molecule has 0 bridgehead atoms. The lowest BCUT2D eigenvalue weighted by Crippen LogP contribution is -2.38. The van der Waals surface area contributed by atoms with Crippen LogP contribution < -0.4 is 10.9 Å². The van der Waals surface area contributed by atoms with Gasteiger partial charge in [0.05, 0.1) is 28.8 Å². The zero-order chi connectivity index (χ0) is 23.1. The van der Waals surface area contributed by atoms with E-state index >= 15 is 0 Å². The number of methoxy groups -OCH3 is 1. The van der Waals surface area contributed by atoms with Gasteiger partial charge in [0.1, 0.15) is 0 Å². The predicted octanol–water partition coefficient (Wildman–Crippen LogP) is 4.22. The molecular weight excluding hydrogens is 422 g/mol. The number of aryl methyl sites for hydroxylation is 1. The van der Waals surface area contributed by atoms with Gasteiger partial charge in [-0.15, -0.1) is 0 Å². The Kier molecular flexibility index (Phi) is 8.47. The van der Waals surface area contributed by atoms with Crippen LogP contribution in [0.15, 0.2) is 64.5 Å². The number of carbonyl (C=O) groups is 1. The summed E-state index contributed by atoms with van der Waals surface area (Å²) in [6.45, 7) is 6.16. The maximum atomic E-state index is 13.2. The van der Waals surface area contributed by atoms with Gasteiger partial charge in [0.2, 0.25) is 5.91 Å². The standard InChI is InChI=1S/C25H31N3O3S/c1-17(14-15-20-10-6-5-7-11-20)26-23(29)19(3)32-25-27-22-13-9-8-12-21(22)24(30)28(25)18(2)16-31-4/h5-13,17-19H,14-16H2,1-4H3,(H,26,29). The molecule has 6 nitrogen and oxygen atoms in total. The van der Waals surface area contributed by atoms with Crippen LogP contribution in [0.2, 0.25) is 0 Å². The van der Waals surface area contributed by atoms with Crippen molar-refractivity contribution >= 4 is 28.6 Å². The first-order valence-corrected chi connectivity index (χ1v) is 11.8. The number of carbonyl (C=O) groups excluding carboxylic acids is 1. The minimum atomic E-state index is -0.400. The smallest absolute Gasteiger partial charge is 0.262 e. The van der Waals surface area contributed by atoms with Crippen LogP contribution in [-0.4, -0.2) is 40.5 Å². The van der Waals surface area contributed by atoms with Crippen LogP contribution in [0, 0.1) is 0 Å². The van der Waals surface area contributed by atoms with Crippen LogP contribution in [-0.2, 0) is 16.0 Å². The number of hydrogen-bond donors (Lipinski definition) is 1. The van der Waals surface area contributed by atoms with Gasteiger partial charge >= 0.3 is 0 Å². The summed E-state index contributed by atoms with van der Waals surface area (Å²) in [6.07, 6.45) is 1.76. The van der Waals surface area contributed by atoms with E-state index in [0.717, 1.165) is 12.8 Å². The Labute approximate surface area is 193 Å². The third kappa shape index (κ3) is 5.99. The Bertz CT molecular complexity index is 1100. The Morgan fingerprint density at radius 3 is 2.50 bits per heavy atom. The summed E-state index contributed by atoms with van der Waals surface area (Å²) < 4.78 is 6.91. The van der Waals surface area contributed by atoms with Gasteiger partial charge in [-0.1, -0.05) is 54.2 Å². The summed E-state index contributed by atoms with van der Waals surface area (Å²) in [7, 11) is 1.61. The van der Waals surface area contributed by atoms with Crippen molar-refractivity contribution in [3.63, 3.8) is 0 Å². The van der Waals surface area contributed by atoms with Crippen LogP contribution in [0.25, 0.3) is 10.9 Å². The average molecular weight is 454 g/mol. The van der Waals surface area contributed by atoms with Crippen LogP contribution in [0.4, 0.5) is 0 Å². The van der Waals surface area contributed by atoms with Gasteiger partial charge in [0.25, 0.3) is 5.56 Å². The molecular formula is C25H31N3O3S. The van der Waals surface area contributed by atoms with E-state index in [0.29, 0.717) is 22.7 Å². The molecule has 170 valence electrons. The van der Waals surface area contributed by atoms with Gasteiger partial charge in [-0.05, 0) is 51.3 Å². The van der Waals surface area contributed by atoms with Crippen molar-refractivity contribution < 1.29 is 9.53 Å². The largest absolute Gasteiger partial charge is 0.383 e. The van der Waals surface area contributed by atoms with E-state index in [4.69, 9.17) is 9.72 Å². The van der Waals surface area contributed by atoms with Gasteiger partial charge in [-0.3, -0.25) is 14.2 Å². The summed E-state index contributed by atoms with van der Waals surface area (Å²) >= 11 is 1.30. The van der Waals surface area contributed by atoms with Crippen molar-refractivity contribution in [2.75, 3.05) is 13.7 Å². The van der Waals surface area contributed by atoms with Crippen molar-refractivity contribution in [1.29, 1.82) is 0 Å². The van der Waals surface area contributed by atoms with Crippen molar-refractivity contribution in [2.45, 2.75) is 56.1 Å². The quantitative estimate of drug-likeness (QED) is 0.368. The highest BCUT2D eigenvalue weighted by molar-refractivity contribution is 8.00. The molecule has 3 atom stereocenters. The molecule has 1 heterocycles. The van der Waals surface area contributed by atoms with Crippen LogP contribution >= 0.6 is 11.8 Å². The molecule has 3 rings (SSSR count). The molecule has 0 fully saturated rings. The summed E-state index contributed by atoms with van der Waals surface area (Å²) in [5.74, 6) is -0.0658. The van der Waals surface area contributed by atoms with Crippen molar-refractivity contribution in [2.24, 2.45) is 0 Å². The number of hydrogen-bond acceptors (Lipinski definition) is 5. The minimum Gasteiger partial charge on any atom is -0.383 e. The lowest BCUT2D eigenvalue weighted by Gasteiger charge is -2.21. The molecule has 3 unspecified atom stereocenters. The van der Waals surface area contributed by atoms with Crippen LogP contribution in [0.5, 0.6) is 0 Å². The van der Waals surface area contributed by atoms with E-state index in [1.807, 2.05) is 57.2 Å². The normalized spacial score (nSPS) is 14.1. The Hall–Kier alpha value is -2.64. The van der Waals surface area contributed by atoms with Crippen molar-refractivity contribution in [1.82, 2.24) is 14.9 Å². The third-order valence-electron chi connectivity index (χ3n) is 5.37. The second kappa shape index (κ2) is 11.3. The summed E-state index contributed by atoms with van der Waals surface area (Å²) in [6, 6.07) is 17.4. The summed E-state index contributed by atoms with van der Waals surface area (Å²) in [4.78, 5) is 30.7. The second-order valence-electron chi connectivity index (χ2n) is 8.09. The number of amides is 1. The number of fused-ring (bicyclic) bond motifs is 1. The maximum Gasteiger partial charge on any atom is 0.262 e. The number of rotatable bonds is 10. The first kappa shape index (κ1) is 24.0. The molecule has 0 radical (unpaired) electrons. The van der Waals surface area contributed by atoms with E-state index in [-0.39, 0.29) is 23.6 Å². The fourth-order valence-electron chi connectivity index (χ4n) is 3.58. The molecule has 2 aromatic carbocycles. The fourth-order valence-corrected chi connectivity index (χ4v) is 4.60. The number of nitrogens with one attached hydrogen (secondary N) is 1. The highest BCUT2D eigenvalue weighted by Crippen LogP contribution is 2.25. The molecule has 32 heavy (non-hydrogen) atoms. The highest BCUT2D eigenvalue weighted by atomic mass is 32.2. The fraction of sp³-hybridized carbons (Fsp3) is 0.400. The highest BCUT2D eigenvalue weighted by Gasteiger charge is 2.22. The first-order chi connectivity index (χ1) is 15.4. The van der Waals surface area contributed by atoms with Gasteiger partial charge in [0, 0.05) is 13.2 Å². The number of nitrogens with zero attached hydrogens (tertiary/aromatic N) is 2. The lowest BCUT2D eigenvalue weighted by atomic mass is 10.1. The van der Waals surface area contributed by atoms with E-state index in [9.17, 15) is 9.59 Å². The summed E-state index contributed by atoms with van der Waals surface area (Å²) in [5.41, 5.74) is 1.77. The van der Waals surface area contributed by atoms with E-state index < -0.39 is 5.25 Å². The number of benzene rings is 2. The number of aromatic nitrogens is 2. The Morgan fingerprint density at radius 1 is 1.09 bits per heavy atom.